The molecule has 3 atom stereocenters. The second-order valence-corrected chi connectivity index (χ2v) is 7.59. The molecule has 1 aliphatic rings. The van der Waals surface area contributed by atoms with Gasteiger partial charge in [0.05, 0.1) is 27.2 Å². The quantitative estimate of drug-likeness (QED) is 0.445. The molecule has 18 heavy (non-hydrogen) atoms. The summed E-state index contributed by atoms with van der Waals surface area (Å²) in [6, 6.07) is 0. The lowest BCUT2D eigenvalue weighted by Gasteiger charge is -2.24. The summed E-state index contributed by atoms with van der Waals surface area (Å²) in [7, 11) is 2.07. The van der Waals surface area contributed by atoms with Crippen molar-refractivity contribution in [1.82, 2.24) is 0 Å². The van der Waals surface area contributed by atoms with E-state index in [-0.39, 0.29) is 12.7 Å². The molecule has 0 spiro atoms. The van der Waals surface area contributed by atoms with Crippen LogP contribution in [0.15, 0.2) is 0 Å². The number of quaternary nitrogens is 1. The van der Waals surface area contributed by atoms with Crippen LogP contribution in [0.1, 0.15) is 19.3 Å². The van der Waals surface area contributed by atoms with E-state index in [0.29, 0.717) is 22.8 Å². The molecule has 7 heteroatoms. The first kappa shape index (κ1) is 16.4. The van der Waals surface area contributed by atoms with E-state index in [2.05, 4.69) is 0 Å². The van der Waals surface area contributed by atoms with Gasteiger partial charge >= 0.3 is 7.82 Å². The summed E-state index contributed by atoms with van der Waals surface area (Å²) in [5.41, 5.74) is 0. The van der Waals surface area contributed by atoms with E-state index in [0.717, 1.165) is 19.3 Å². The molecule has 0 saturated heterocycles. The predicted molar refractivity (Wildman–Crippen MR) is 71.6 cm³/mol. The summed E-state index contributed by atoms with van der Waals surface area (Å²) in [5, 5.41) is 0. The Labute approximate surface area is 114 Å². The van der Waals surface area contributed by atoms with Crippen LogP contribution in [0.4, 0.5) is 0 Å². The van der Waals surface area contributed by atoms with Gasteiger partial charge < -0.3 is 9.38 Å². The van der Waals surface area contributed by atoms with Gasteiger partial charge in [-0.25, -0.2) is 4.57 Å². The van der Waals surface area contributed by atoms with E-state index in [1.807, 2.05) is 21.1 Å². The third-order valence-electron chi connectivity index (χ3n) is 3.01. The van der Waals surface area contributed by atoms with E-state index in [9.17, 15) is 9.46 Å². The second-order valence-electron chi connectivity index (χ2n) is 5.88. The minimum absolute atomic E-state index is 0.200. The van der Waals surface area contributed by atoms with E-state index < -0.39 is 7.82 Å². The molecular formula is C11H24ClNO4P+. The molecule has 1 N–H and O–H groups in total. The first-order valence-corrected chi connectivity index (χ1v) is 8.27. The molecule has 1 saturated carbocycles. The van der Waals surface area contributed by atoms with E-state index in [1.54, 1.807) is 0 Å². The largest absolute Gasteiger partial charge is 0.472 e. The monoisotopic (exact) mass is 300 g/mol. The number of rotatable bonds is 7. The summed E-state index contributed by atoms with van der Waals surface area (Å²) in [5.74, 6) is 0.973. The van der Waals surface area contributed by atoms with Crippen molar-refractivity contribution in [1.29, 1.82) is 0 Å². The van der Waals surface area contributed by atoms with Gasteiger partial charge in [-0.2, -0.15) is 0 Å². The first-order chi connectivity index (χ1) is 8.22. The summed E-state index contributed by atoms with van der Waals surface area (Å²) < 4.78 is 22.5. The summed E-state index contributed by atoms with van der Waals surface area (Å²) >= 11 is 5.76. The molecule has 0 aromatic heterocycles. The lowest BCUT2D eigenvalue weighted by molar-refractivity contribution is -0.870. The van der Waals surface area contributed by atoms with Crippen LogP contribution in [-0.4, -0.2) is 55.7 Å². The number of phosphoric ester groups is 1. The standard InChI is InChI=1S/C11H23ClNO4P/c1-13(2,3)6-7-16-18(14,15)17-11-5-4-10(8-11)9-12/h10-11H,4-9H2,1-3H3/p+1. The highest BCUT2D eigenvalue weighted by Gasteiger charge is 2.32. The minimum atomic E-state index is -3.92. The molecule has 0 heterocycles. The van der Waals surface area contributed by atoms with Crippen molar-refractivity contribution >= 4 is 19.4 Å². The first-order valence-electron chi connectivity index (χ1n) is 6.24. The van der Waals surface area contributed by atoms with Crippen LogP contribution >= 0.6 is 19.4 Å². The van der Waals surface area contributed by atoms with Crippen LogP contribution < -0.4 is 0 Å². The summed E-state index contributed by atoms with van der Waals surface area (Å²) in [6.07, 6.45) is 2.27. The summed E-state index contributed by atoms with van der Waals surface area (Å²) in [4.78, 5) is 9.60. The average Bonchev–Trinajstić information content (AvgIpc) is 2.62. The Morgan fingerprint density at radius 1 is 1.39 bits per heavy atom. The maximum atomic E-state index is 11.7. The molecule has 0 amide bonds. The van der Waals surface area contributed by atoms with Gasteiger partial charge in [-0.15, -0.1) is 11.6 Å². The molecule has 5 nitrogen and oxygen atoms in total. The Kier molecular flexibility index (Phi) is 6.10. The van der Waals surface area contributed by atoms with Crippen LogP contribution in [0.5, 0.6) is 0 Å². The van der Waals surface area contributed by atoms with Crippen LogP contribution in [-0.2, 0) is 13.6 Å². The number of likely N-dealkylation sites (N-methyl/N-ethyl adjacent to an activating group) is 1. The van der Waals surface area contributed by atoms with Crippen molar-refractivity contribution in [3.05, 3.63) is 0 Å². The van der Waals surface area contributed by atoms with Gasteiger partial charge in [0, 0.05) is 5.88 Å². The molecule has 1 rings (SSSR count). The smallest absolute Gasteiger partial charge is 0.329 e. The zero-order chi connectivity index (χ0) is 13.8. The fraction of sp³-hybridized carbons (Fsp3) is 1.00. The average molecular weight is 301 g/mol. The topological polar surface area (TPSA) is 55.8 Å². The molecule has 1 aliphatic carbocycles. The van der Waals surface area contributed by atoms with E-state index in [1.165, 1.54) is 0 Å². The molecule has 0 bridgehead atoms. The number of hydrogen-bond donors (Lipinski definition) is 1. The van der Waals surface area contributed by atoms with Gasteiger partial charge in [0.1, 0.15) is 13.2 Å². The fourth-order valence-electron chi connectivity index (χ4n) is 1.91. The molecule has 3 unspecified atom stereocenters. The Balaban J connectivity index is 2.29. The van der Waals surface area contributed by atoms with Crippen molar-refractivity contribution in [2.24, 2.45) is 5.92 Å². The van der Waals surface area contributed by atoms with Crippen LogP contribution in [0, 0.1) is 5.92 Å². The maximum absolute atomic E-state index is 11.7. The number of phosphoric acid groups is 1. The van der Waals surface area contributed by atoms with Crippen LogP contribution in [0.2, 0.25) is 0 Å². The maximum Gasteiger partial charge on any atom is 0.472 e. The van der Waals surface area contributed by atoms with Crippen molar-refractivity contribution < 1.29 is 23.0 Å². The Hall–Kier alpha value is 0.360. The minimum Gasteiger partial charge on any atom is -0.329 e. The van der Waals surface area contributed by atoms with Crippen molar-refractivity contribution in [3.63, 3.8) is 0 Å². The number of nitrogens with zero attached hydrogens (tertiary/aromatic N) is 1. The zero-order valence-electron chi connectivity index (χ0n) is 11.3. The van der Waals surface area contributed by atoms with Crippen molar-refractivity contribution in [2.75, 3.05) is 40.2 Å². The van der Waals surface area contributed by atoms with Gasteiger partial charge in [-0.3, -0.25) is 9.05 Å². The molecule has 108 valence electrons. The van der Waals surface area contributed by atoms with Crippen molar-refractivity contribution in [3.8, 4) is 0 Å². The Morgan fingerprint density at radius 2 is 2.06 bits per heavy atom. The molecule has 0 aromatic rings. The lowest BCUT2D eigenvalue weighted by Crippen LogP contribution is -2.37. The van der Waals surface area contributed by atoms with Crippen LogP contribution in [0.3, 0.4) is 0 Å². The highest BCUT2D eigenvalue weighted by atomic mass is 35.5. The number of hydrogen-bond acceptors (Lipinski definition) is 3. The Bertz CT molecular complexity index is 308. The van der Waals surface area contributed by atoms with E-state index >= 15 is 0 Å². The zero-order valence-corrected chi connectivity index (χ0v) is 13.0. The lowest BCUT2D eigenvalue weighted by atomic mass is 10.1. The molecular weight excluding hydrogens is 277 g/mol. The number of alkyl halides is 1. The van der Waals surface area contributed by atoms with Gasteiger partial charge in [-0.1, -0.05) is 0 Å². The third-order valence-corrected chi connectivity index (χ3v) is 4.52. The van der Waals surface area contributed by atoms with Gasteiger partial charge in [0.15, 0.2) is 0 Å². The molecule has 0 radical (unpaired) electrons. The normalized spacial score (nSPS) is 28.3. The summed E-state index contributed by atoms with van der Waals surface area (Å²) in [6.45, 7) is 0.867. The van der Waals surface area contributed by atoms with Gasteiger partial charge in [-0.05, 0) is 25.2 Å². The highest BCUT2D eigenvalue weighted by Crippen LogP contribution is 2.47. The van der Waals surface area contributed by atoms with Gasteiger partial charge in [0.2, 0.25) is 0 Å². The SMILES string of the molecule is C[N+](C)(C)CCOP(=O)(O)OC1CCC(CCl)C1. The molecule has 0 aromatic carbocycles. The van der Waals surface area contributed by atoms with E-state index in [4.69, 9.17) is 20.6 Å². The predicted octanol–water partition coefficient (Wildman–Crippen LogP) is 2.23. The highest BCUT2D eigenvalue weighted by molar-refractivity contribution is 7.47. The second kappa shape index (κ2) is 6.69. The molecule has 1 fully saturated rings. The molecule has 0 aliphatic heterocycles. The third kappa shape index (κ3) is 6.50. The number of halogens is 1. The van der Waals surface area contributed by atoms with Crippen molar-refractivity contribution in [2.45, 2.75) is 25.4 Å². The Morgan fingerprint density at radius 3 is 2.56 bits per heavy atom. The van der Waals surface area contributed by atoms with Gasteiger partial charge in [0.25, 0.3) is 0 Å². The van der Waals surface area contributed by atoms with Crippen LogP contribution in [0.25, 0.3) is 0 Å². The fourth-order valence-corrected chi connectivity index (χ4v) is 3.14.